The number of hydrogen-bond acceptors (Lipinski definition) is 8. The van der Waals surface area contributed by atoms with Gasteiger partial charge in [0.25, 0.3) is 0 Å². The van der Waals surface area contributed by atoms with Crippen LogP contribution in [0.3, 0.4) is 0 Å². The minimum absolute atomic E-state index is 0. The number of nitrogens with one attached hydrogen (secondary N) is 1. The molecule has 1 aliphatic heterocycles. The average Bonchev–Trinajstić information content (AvgIpc) is 2.99. The van der Waals surface area contributed by atoms with E-state index in [2.05, 4.69) is 46.9 Å². The molecule has 269 valence electrons. The second-order valence-corrected chi connectivity index (χ2v) is 17.2. The van der Waals surface area contributed by atoms with E-state index in [1.165, 1.54) is 6.92 Å². The van der Waals surface area contributed by atoms with Crippen molar-refractivity contribution in [2.75, 3.05) is 6.61 Å². The molecule has 1 radical (unpaired) electrons. The van der Waals surface area contributed by atoms with Crippen molar-refractivity contribution < 1.29 is 82.9 Å². The fourth-order valence-electron chi connectivity index (χ4n) is 10.3. The van der Waals surface area contributed by atoms with E-state index in [9.17, 15) is 24.6 Å². The maximum absolute atomic E-state index is 14.1. The Morgan fingerprint density at radius 1 is 0.959 bits per heavy atom. The Morgan fingerprint density at radius 3 is 2.08 bits per heavy atom. The molecule has 2 bridgehead atoms. The number of hydrogen-bond donors (Lipinski definition) is 3. The number of fused-ring (bicyclic) bond motifs is 5. The SMILES string of the molecule is CC(=O)NC(C)[C@@H](C)C(=O)OC1CC2(O)C(OC(=O)c3ccccc3)C3[C@]4(O)COC4CC(C)(C)[C@@]3(C)C(C)(C)[C@H](C)C(=C1C)C2(C)C.[Ac]. The van der Waals surface area contributed by atoms with Crippen LogP contribution in [0.4, 0.5) is 0 Å². The van der Waals surface area contributed by atoms with E-state index < -0.39 is 81.0 Å². The number of amides is 1. The predicted octanol–water partition coefficient (Wildman–Crippen LogP) is 5.62. The molecule has 6 unspecified atom stereocenters. The average molecular weight is 895 g/mol. The summed E-state index contributed by atoms with van der Waals surface area (Å²) in [6.45, 7) is 24.1. The van der Waals surface area contributed by atoms with Gasteiger partial charge in [-0.05, 0) is 67.1 Å². The van der Waals surface area contributed by atoms with Gasteiger partial charge in [0.1, 0.15) is 23.4 Å². The van der Waals surface area contributed by atoms with E-state index in [1.807, 2.05) is 26.8 Å². The van der Waals surface area contributed by atoms with Crippen molar-refractivity contribution in [3.05, 3.63) is 47.0 Å². The van der Waals surface area contributed by atoms with Gasteiger partial charge in [-0.1, -0.05) is 79.2 Å². The second-order valence-electron chi connectivity index (χ2n) is 17.2. The minimum atomic E-state index is -1.77. The van der Waals surface area contributed by atoms with E-state index >= 15 is 0 Å². The summed E-state index contributed by atoms with van der Waals surface area (Å²) in [5, 5.41) is 29.0. The van der Waals surface area contributed by atoms with Crippen molar-refractivity contribution in [1.82, 2.24) is 5.32 Å². The standard InChI is InChI=1S/C39H57NO8.Ac/c1-21(24(4)40-25(5)41)32(42)47-27-18-39(45)31(48-33(43)26-16-14-13-15-17-26)30-37(12,34(6,7)19-28-38(30,44)20-46-28)35(8,9)23(3)29(22(27)2)36(39,10)11;/h13-17,21,23-24,27-28,30-31,44-45H,18-20H2,1-12H3,(H,40,41);/t21-,23-,24?,27?,28?,30?,31?,37+,38+,39?;/m1./s1. The molecular weight excluding hydrogens is 837 g/mol. The van der Waals surface area contributed by atoms with Gasteiger partial charge in [-0.15, -0.1) is 0 Å². The van der Waals surface area contributed by atoms with Crippen molar-refractivity contribution in [3.8, 4) is 0 Å². The van der Waals surface area contributed by atoms with Crippen LogP contribution < -0.4 is 5.32 Å². The van der Waals surface area contributed by atoms with Crippen molar-refractivity contribution in [3.63, 3.8) is 0 Å². The second kappa shape index (κ2) is 13.3. The number of rotatable bonds is 6. The normalized spacial score (nSPS) is 38.0. The number of ether oxygens (including phenoxy) is 3. The molecule has 0 aromatic heterocycles. The van der Waals surface area contributed by atoms with Gasteiger partial charge in [-0.25, -0.2) is 4.79 Å². The molecule has 2 saturated carbocycles. The molecule has 9 nitrogen and oxygen atoms in total. The van der Waals surface area contributed by atoms with Crippen LogP contribution in [0.1, 0.15) is 106 Å². The largest absolute Gasteiger partial charge is 0.457 e. The third-order valence-corrected chi connectivity index (χ3v) is 14.2. The minimum Gasteiger partial charge on any atom is -0.457 e. The smallest absolute Gasteiger partial charge is 0.338 e. The summed E-state index contributed by atoms with van der Waals surface area (Å²) in [5.41, 5.74) is -3.58. The molecule has 3 fully saturated rings. The number of benzene rings is 1. The zero-order chi connectivity index (χ0) is 36.0. The first-order valence-electron chi connectivity index (χ1n) is 17.5. The molecule has 10 atom stereocenters. The first kappa shape index (κ1) is 40.5. The van der Waals surface area contributed by atoms with E-state index in [1.54, 1.807) is 38.1 Å². The summed E-state index contributed by atoms with van der Waals surface area (Å²) in [6.07, 6.45) is -1.97. The molecule has 4 aliphatic rings. The van der Waals surface area contributed by atoms with E-state index in [-0.39, 0.29) is 68.9 Å². The van der Waals surface area contributed by atoms with Gasteiger partial charge in [0.05, 0.1) is 24.2 Å². The molecule has 10 heteroatoms. The van der Waals surface area contributed by atoms with Gasteiger partial charge >= 0.3 is 11.9 Å². The van der Waals surface area contributed by atoms with E-state index in [0.717, 1.165) is 11.1 Å². The van der Waals surface area contributed by atoms with Crippen LogP contribution in [0.15, 0.2) is 41.5 Å². The van der Waals surface area contributed by atoms with E-state index in [0.29, 0.717) is 12.0 Å². The van der Waals surface area contributed by atoms with Gasteiger partial charge in [0.2, 0.25) is 5.91 Å². The van der Waals surface area contributed by atoms with Crippen molar-refractivity contribution in [2.45, 2.75) is 131 Å². The fraction of sp³-hybridized carbons (Fsp3) is 0.718. The molecule has 3 N–H and O–H groups in total. The zero-order valence-corrected chi connectivity index (χ0v) is 36.2. The topological polar surface area (TPSA) is 131 Å². The summed E-state index contributed by atoms with van der Waals surface area (Å²) in [5.74, 6) is -2.88. The molecule has 1 aromatic rings. The van der Waals surface area contributed by atoms with Gasteiger partial charge in [0, 0.05) is 74.8 Å². The molecule has 3 aliphatic carbocycles. The quantitative estimate of drug-likeness (QED) is 0.248. The molecule has 49 heavy (non-hydrogen) atoms. The van der Waals surface area contributed by atoms with Crippen molar-refractivity contribution in [1.29, 1.82) is 0 Å². The Balaban J connectivity index is 0.00000541. The van der Waals surface area contributed by atoms with Crippen LogP contribution >= 0.6 is 0 Å². The van der Waals surface area contributed by atoms with E-state index in [4.69, 9.17) is 14.2 Å². The van der Waals surface area contributed by atoms with Gasteiger partial charge in [0.15, 0.2) is 0 Å². The Morgan fingerprint density at radius 2 is 1.55 bits per heavy atom. The monoisotopic (exact) mass is 894 g/mol. The first-order chi connectivity index (χ1) is 22.0. The van der Waals surface area contributed by atoms with Crippen LogP contribution in [-0.2, 0) is 23.8 Å². The molecular formula is C39H57AcNO8. The molecule has 1 heterocycles. The molecule has 5 rings (SSSR count). The molecule has 1 aromatic carbocycles. The van der Waals surface area contributed by atoms with Crippen LogP contribution in [0.5, 0.6) is 0 Å². The third-order valence-electron chi connectivity index (χ3n) is 14.2. The number of carbonyl (C=O) groups excluding carboxylic acids is 3. The summed E-state index contributed by atoms with van der Waals surface area (Å²) in [6, 6.07) is 8.24. The molecule has 1 amide bonds. The van der Waals surface area contributed by atoms with Gasteiger partial charge in [-0.3, -0.25) is 9.59 Å². The Kier molecular flexibility index (Phi) is 11.0. The third kappa shape index (κ3) is 5.90. The maximum Gasteiger partial charge on any atom is 0.338 e. The number of esters is 2. The predicted molar refractivity (Wildman–Crippen MR) is 182 cm³/mol. The number of aliphatic hydroxyl groups is 2. The summed E-state index contributed by atoms with van der Waals surface area (Å²) in [7, 11) is 0. The molecule has 0 spiro atoms. The van der Waals surface area contributed by atoms with Crippen molar-refractivity contribution in [2.24, 2.45) is 39.4 Å². The van der Waals surface area contributed by atoms with Crippen LogP contribution in [0.25, 0.3) is 0 Å². The van der Waals surface area contributed by atoms with Crippen molar-refractivity contribution >= 4 is 17.8 Å². The fourth-order valence-corrected chi connectivity index (χ4v) is 10.3. The van der Waals surface area contributed by atoms with Crippen LogP contribution in [-0.4, -0.2) is 70.2 Å². The Labute approximate surface area is 328 Å². The molecule has 1 saturated heterocycles. The summed E-state index contributed by atoms with van der Waals surface area (Å²) in [4.78, 5) is 39.5. The summed E-state index contributed by atoms with van der Waals surface area (Å²) < 4.78 is 18.9. The van der Waals surface area contributed by atoms with Gasteiger partial charge < -0.3 is 29.7 Å². The maximum atomic E-state index is 14.1. The Hall–Kier alpha value is -1.31. The number of carbonyl (C=O) groups is 3. The van der Waals surface area contributed by atoms with Crippen LogP contribution in [0.2, 0.25) is 0 Å². The summed E-state index contributed by atoms with van der Waals surface area (Å²) >= 11 is 0. The first-order valence-corrected chi connectivity index (χ1v) is 17.5. The van der Waals surface area contributed by atoms with Gasteiger partial charge in [-0.2, -0.15) is 0 Å². The zero-order valence-electron chi connectivity index (χ0n) is 31.5. The Bertz CT molecular complexity index is 1510. The van der Waals surface area contributed by atoms with Crippen LogP contribution in [0, 0.1) is 83.5 Å².